The van der Waals surface area contributed by atoms with E-state index < -0.39 is 0 Å². The molecular formula is C16H17Cl2NO2. The van der Waals surface area contributed by atoms with Crippen LogP contribution in [-0.2, 0) is 9.47 Å². The van der Waals surface area contributed by atoms with Gasteiger partial charge < -0.3 is 15.2 Å². The van der Waals surface area contributed by atoms with Crippen molar-refractivity contribution in [2.45, 2.75) is 12.3 Å². The molecule has 0 saturated carbocycles. The summed E-state index contributed by atoms with van der Waals surface area (Å²) in [6.07, 6.45) is -0.240. The molecule has 1 aliphatic heterocycles. The van der Waals surface area contributed by atoms with Gasteiger partial charge in [-0.3, -0.25) is 0 Å². The monoisotopic (exact) mass is 325 g/mol. The first-order valence-corrected chi connectivity index (χ1v) is 6.96. The maximum atomic E-state index is 6.26. The smallest absolute Gasteiger partial charge is 0.184 e. The van der Waals surface area contributed by atoms with Crippen molar-refractivity contribution in [3.05, 3.63) is 70.2 Å². The lowest BCUT2D eigenvalue weighted by Crippen LogP contribution is -2.11. The van der Waals surface area contributed by atoms with Crippen molar-refractivity contribution in [3.8, 4) is 0 Å². The van der Waals surface area contributed by atoms with Crippen molar-refractivity contribution in [3.63, 3.8) is 0 Å². The Balaban J connectivity index is 0.00000161. The molecule has 1 atom stereocenters. The van der Waals surface area contributed by atoms with Gasteiger partial charge in [0.05, 0.1) is 19.3 Å². The molecule has 0 aromatic heterocycles. The van der Waals surface area contributed by atoms with Crippen molar-refractivity contribution >= 4 is 24.0 Å². The van der Waals surface area contributed by atoms with Crippen LogP contribution in [0.1, 0.15) is 29.0 Å². The second-order valence-corrected chi connectivity index (χ2v) is 5.21. The number of hydrogen-bond acceptors (Lipinski definition) is 3. The van der Waals surface area contributed by atoms with Gasteiger partial charge in [0, 0.05) is 10.6 Å². The van der Waals surface area contributed by atoms with Gasteiger partial charge in [-0.1, -0.05) is 48.0 Å². The lowest BCUT2D eigenvalue weighted by Gasteiger charge is -2.15. The van der Waals surface area contributed by atoms with Crippen LogP contribution >= 0.6 is 24.0 Å². The summed E-state index contributed by atoms with van der Waals surface area (Å²) < 4.78 is 10.9. The van der Waals surface area contributed by atoms with Crippen LogP contribution in [0.5, 0.6) is 0 Å². The van der Waals surface area contributed by atoms with Crippen molar-refractivity contribution < 1.29 is 9.47 Å². The maximum absolute atomic E-state index is 6.26. The molecule has 0 spiro atoms. The van der Waals surface area contributed by atoms with Gasteiger partial charge in [0.2, 0.25) is 0 Å². The number of rotatable bonds is 3. The van der Waals surface area contributed by atoms with Gasteiger partial charge in [-0.15, -0.1) is 12.4 Å². The molecule has 2 N–H and O–H groups in total. The molecule has 1 heterocycles. The van der Waals surface area contributed by atoms with E-state index in [1.165, 1.54) is 0 Å². The molecule has 0 aliphatic carbocycles. The second-order valence-electron chi connectivity index (χ2n) is 4.77. The molecule has 21 heavy (non-hydrogen) atoms. The molecule has 1 aliphatic rings. The summed E-state index contributed by atoms with van der Waals surface area (Å²) in [5.74, 6) is 0. The first kappa shape index (κ1) is 16.3. The van der Waals surface area contributed by atoms with Gasteiger partial charge in [-0.2, -0.15) is 0 Å². The molecule has 0 bridgehead atoms. The van der Waals surface area contributed by atoms with E-state index in [2.05, 4.69) is 0 Å². The first-order valence-electron chi connectivity index (χ1n) is 6.58. The van der Waals surface area contributed by atoms with E-state index >= 15 is 0 Å². The Morgan fingerprint density at radius 3 is 1.90 bits per heavy atom. The zero-order valence-electron chi connectivity index (χ0n) is 11.4. The summed E-state index contributed by atoms with van der Waals surface area (Å²) >= 11 is 5.89. The fourth-order valence-corrected chi connectivity index (χ4v) is 2.40. The first-order chi connectivity index (χ1) is 9.74. The standard InChI is InChI=1S/C16H16ClNO2.ClH/c17-14-7-5-12(6-8-14)15(18)11-1-3-13(4-2-11)16-19-9-10-20-16;/h1-8,15-16H,9-10,18H2;1H. The Labute approximate surface area is 135 Å². The Bertz CT molecular complexity index is 566. The van der Waals surface area contributed by atoms with E-state index in [0.717, 1.165) is 16.7 Å². The van der Waals surface area contributed by atoms with Gasteiger partial charge in [0.15, 0.2) is 6.29 Å². The number of hydrogen-bond donors (Lipinski definition) is 1. The predicted molar refractivity (Wildman–Crippen MR) is 85.8 cm³/mol. The van der Waals surface area contributed by atoms with Crippen LogP contribution in [0, 0.1) is 0 Å². The van der Waals surface area contributed by atoms with Crippen molar-refractivity contribution in [2.24, 2.45) is 5.73 Å². The Morgan fingerprint density at radius 2 is 1.38 bits per heavy atom. The average Bonchev–Trinajstić information content (AvgIpc) is 3.02. The quantitative estimate of drug-likeness (QED) is 0.932. The number of benzene rings is 2. The van der Waals surface area contributed by atoms with E-state index in [-0.39, 0.29) is 24.7 Å². The summed E-state index contributed by atoms with van der Waals surface area (Å²) in [6.45, 7) is 1.30. The third-order valence-corrected chi connectivity index (χ3v) is 3.67. The number of halogens is 2. The largest absolute Gasteiger partial charge is 0.346 e. The molecule has 1 unspecified atom stereocenters. The molecule has 5 heteroatoms. The van der Waals surface area contributed by atoms with Crippen LogP contribution in [0.3, 0.4) is 0 Å². The Hall–Kier alpha value is -1.10. The van der Waals surface area contributed by atoms with Crippen LogP contribution in [0.4, 0.5) is 0 Å². The highest BCUT2D eigenvalue weighted by Crippen LogP contribution is 2.26. The Kier molecular flexibility index (Phi) is 5.62. The molecular weight excluding hydrogens is 309 g/mol. The highest BCUT2D eigenvalue weighted by atomic mass is 35.5. The molecule has 112 valence electrons. The van der Waals surface area contributed by atoms with E-state index in [1.807, 2.05) is 48.5 Å². The molecule has 1 saturated heterocycles. The van der Waals surface area contributed by atoms with Gasteiger partial charge >= 0.3 is 0 Å². The molecule has 1 fully saturated rings. The highest BCUT2D eigenvalue weighted by Gasteiger charge is 2.18. The highest BCUT2D eigenvalue weighted by molar-refractivity contribution is 6.30. The fourth-order valence-electron chi connectivity index (χ4n) is 2.27. The SMILES string of the molecule is Cl.NC(c1ccc(Cl)cc1)c1ccc(C2OCCO2)cc1. The minimum absolute atomic E-state index is 0. The van der Waals surface area contributed by atoms with Gasteiger partial charge in [0.1, 0.15) is 0 Å². The maximum Gasteiger partial charge on any atom is 0.184 e. The minimum atomic E-state index is -0.240. The van der Waals surface area contributed by atoms with Crippen LogP contribution in [0.15, 0.2) is 48.5 Å². The predicted octanol–water partition coefficient (Wildman–Crippen LogP) is 3.86. The second kappa shape index (κ2) is 7.25. The number of nitrogens with two attached hydrogens (primary N) is 1. The zero-order chi connectivity index (χ0) is 13.9. The summed E-state index contributed by atoms with van der Waals surface area (Å²) in [7, 11) is 0. The average molecular weight is 326 g/mol. The van der Waals surface area contributed by atoms with Crippen molar-refractivity contribution in [2.75, 3.05) is 13.2 Å². The van der Waals surface area contributed by atoms with E-state index in [0.29, 0.717) is 18.2 Å². The minimum Gasteiger partial charge on any atom is -0.346 e. The lowest BCUT2D eigenvalue weighted by atomic mass is 9.98. The molecule has 0 radical (unpaired) electrons. The summed E-state index contributed by atoms with van der Waals surface area (Å²) in [5, 5.41) is 0.715. The molecule has 3 nitrogen and oxygen atoms in total. The van der Waals surface area contributed by atoms with Crippen LogP contribution in [0.2, 0.25) is 5.02 Å². The van der Waals surface area contributed by atoms with Gasteiger partial charge in [-0.05, 0) is 23.3 Å². The van der Waals surface area contributed by atoms with Crippen molar-refractivity contribution in [1.82, 2.24) is 0 Å². The fraction of sp³-hybridized carbons (Fsp3) is 0.250. The normalized spacial score (nSPS) is 16.5. The molecule has 3 rings (SSSR count). The van der Waals surface area contributed by atoms with Gasteiger partial charge in [-0.25, -0.2) is 0 Å². The number of ether oxygens (including phenoxy) is 2. The van der Waals surface area contributed by atoms with Crippen LogP contribution in [0.25, 0.3) is 0 Å². The Morgan fingerprint density at radius 1 is 0.905 bits per heavy atom. The summed E-state index contributed by atoms with van der Waals surface area (Å²) in [6, 6.07) is 15.5. The molecule has 0 amide bonds. The van der Waals surface area contributed by atoms with Crippen molar-refractivity contribution in [1.29, 1.82) is 0 Å². The zero-order valence-corrected chi connectivity index (χ0v) is 12.9. The topological polar surface area (TPSA) is 44.5 Å². The lowest BCUT2D eigenvalue weighted by molar-refractivity contribution is -0.0441. The molecule has 2 aromatic rings. The third-order valence-electron chi connectivity index (χ3n) is 3.42. The summed E-state index contributed by atoms with van der Waals surface area (Å²) in [5.41, 5.74) is 9.37. The van der Waals surface area contributed by atoms with E-state index in [1.54, 1.807) is 0 Å². The van der Waals surface area contributed by atoms with Crippen LogP contribution < -0.4 is 5.73 Å². The van der Waals surface area contributed by atoms with E-state index in [9.17, 15) is 0 Å². The van der Waals surface area contributed by atoms with Crippen LogP contribution in [-0.4, -0.2) is 13.2 Å². The van der Waals surface area contributed by atoms with E-state index in [4.69, 9.17) is 26.8 Å². The third kappa shape index (κ3) is 3.76. The summed E-state index contributed by atoms with van der Waals surface area (Å²) in [4.78, 5) is 0. The van der Waals surface area contributed by atoms with Gasteiger partial charge in [0.25, 0.3) is 0 Å². The molecule has 2 aromatic carbocycles.